The molecule has 0 aliphatic heterocycles. The van der Waals surface area contributed by atoms with Crippen molar-refractivity contribution in [3.63, 3.8) is 0 Å². The summed E-state index contributed by atoms with van der Waals surface area (Å²) >= 11 is 0. The standard InChI is InChI=1S/C15H24Si/c1-5-8-10-12-14-16(4,7-3)15-13-11-9-6-2/h7H,3,5-6,8-11H2,1-2,4H3. The molecule has 0 aromatic carbocycles. The fourth-order valence-corrected chi connectivity index (χ4v) is 2.41. The van der Waals surface area contributed by atoms with E-state index in [4.69, 9.17) is 0 Å². The molecular weight excluding hydrogens is 208 g/mol. The van der Waals surface area contributed by atoms with E-state index in [-0.39, 0.29) is 0 Å². The van der Waals surface area contributed by atoms with Crippen molar-refractivity contribution in [2.45, 2.75) is 58.9 Å². The first-order chi connectivity index (χ1) is 7.68. The molecule has 88 valence electrons. The zero-order chi connectivity index (χ0) is 12.3. The van der Waals surface area contributed by atoms with E-state index in [0.717, 1.165) is 12.8 Å². The summed E-state index contributed by atoms with van der Waals surface area (Å²) in [6, 6.07) is 0. The first kappa shape index (κ1) is 15.1. The van der Waals surface area contributed by atoms with Gasteiger partial charge in [-0.05, 0) is 19.4 Å². The predicted octanol–water partition coefficient (Wildman–Crippen LogP) is 4.26. The Kier molecular flexibility index (Phi) is 8.78. The van der Waals surface area contributed by atoms with Crippen LogP contribution < -0.4 is 0 Å². The van der Waals surface area contributed by atoms with Crippen LogP contribution in [0.5, 0.6) is 0 Å². The zero-order valence-electron chi connectivity index (χ0n) is 11.0. The third kappa shape index (κ3) is 7.38. The van der Waals surface area contributed by atoms with Crippen LogP contribution in [-0.4, -0.2) is 8.07 Å². The van der Waals surface area contributed by atoms with Crippen LogP contribution >= 0.6 is 0 Å². The molecule has 0 aromatic rings. The molecule has 0 nitrogen and oxygen atoms in total. The topological polar surface area (TPSA) is 0 Å². The van der Waals surface area contributed by atoms with Crippen molar-refractivity contribution >= 4 is 8.07 Å². The Morgan fingerprint density at radius 2 is 1.44 bits per heavy atom. The molecule has 16 heavy (non-hydrogen) atoms. The number of unbranched alkanes of at least 4 members (excludes halogenated alkanes) is 4. The van der Waals surface area contributed by atoms with Crippen LogP contribution in [-0.2, 0) is 0 Å². The second kappa shape index (κ2) is 9.31. The van der Waals surface area contributed by atoms with Gasteiger partial charge in [-0.1, -0.05) is 32.4 Å². The predicted molar refractivity (Wildman–Crippen MR) is 76.4 cm³/mol. The largest absolute Gasteiger partial charge is 0.235 e. The molecule has 1 heteroatoms. The minimum absolute atomic E-state index is 1.00. The van der Waals surface area contributed by atoms with Crippen molar-refractivity contribution in [2.75, 3.05) is 0 Å². The summed E-state index contributed by atoms with van der Waals surface area (Å²) in [4.78, 5) is 0. The van der Waals surface area contributed by atoms with E-state index in [0.29, 0.717) is 0 Å². The molecular formula is C15H24Si. The van der Waals surface area contributed by atoms with Crippen molar-refractivity contribution in [1.29, 1.82) is 0 Å². The van der Waals surface area contributed by atoms with Crippen LogP contribution in [0, 0.1) is 22.9 Å². The van der Waals surface area contributed by atoms with Crippen LogP contribution in [0.2, 0.25) is 6.55 Å². The average molecular weight is 232 g/mol. The van der Waals surface area contributed by atoms with Gasteiger partial charge in [0.1, 0.15) is 0 Å². The number of rotatable bonds is 5. The Morgan fingerprint density at radius 1 is 1.00 bits per heavy atom. The highest BCUT2D eigenvalue weighted by atomic mass is 28.3. The first-order valence-electron chi connectivity index (χ1n) is 6.32. The summed E-state index contributed by atoms with van der Waals surface area (Å²) < 4.78 is 0. The van der Waals surface area contributed by atoms with E-state index in [1.165, 1.54) is 25.7 Å². The van der Waals surface area contributed by atoms with E-state index >= 15 is 0 Å². The first-order valence-corrected chi connectivity index (χ1v) is 8.90. The van der Waals surface area contributed by atoms with E-state index in [2.05, 4.69) is 49.9 Å². The molecule has 0 unspecified atom stereocenters. The molecule has 0 amide bonds. The third-order valence-corrected chi connectivity index (χ3v) is 4.62. The second-order valence-electron chi connectivity index (χ2n) is 4.22. The van der Waals surface area contributed by atoms with Gasteiger partial charge in [0.25, 0.3) is 0 Å². The Labute approximate surface area is 103 Å². The average Bonchev–Trinajstić information content (AvgIpc) is 2.31. The van der Waals surface area contributed by atoms with E-state index < -0.39 is 8.07 Å². The molecule has 0 spiro atoms. The maximum absolute atomic E-state index is 3.89. The second-order valence-corrected chi connectivity index (χ2v) is 7.53. The Bertz CT molecular complexity index is 280. The Hall–Kier alpha value is -0.923. The van der Waals surface area contributed by atoms with Gasteiger partial charge in [0.2, 0.25) is 8.07 Å². The van der Waals surface area contributed by atoms with Gasteiger partial charge in [0.05, 0.1) is 0 Å². The minimum Gasteiger partial charge on any atom is -0.111 e. The smallest absolute Gasteiger partial charge is 0.111 e. The minimum atomic E-state index is -1.78. The molecule has 0 N–H and O–H groups in total. The normalized spacial score (nSPS) is 9.69. The monoisotopic (exact) mass is 232 g/mol. The van der Waals surface area contributed by atoms with Gasteiger partial charge in [-0.2, -0.15) is 0 Å². The SMILES string of the molecule is C=C[Si](C)(C#CCCCC)C#CCCCC. The summed E-state index contributed by atoms with van der Waals surface area (Å²) in [6.07, 6.45) is 6.81. The van der Waals surface area contributed by atoms with Gasteiger partial charge in [-0.3, -0.25) is 0 Å². The Balaban J connectivity index is 4.31. The summed E-state index contributed by atoms with van der Waals surface area (Å²) in [5.74, 6) is 6.51. The maximum atomic E-state index is 3.89. The van der Waals surface area contributed by atoms with Gasteiger partial charge < -0.3 is 0 Å². The van der Waals surface area contributed by atoms with Crippen molar-refractivity contribution < 1.29 is 0 Å². The quantitative estimate of drug-likeness (QED) is 0.377. The summed E-state index contributed by atoms with van der Waals surface area (Å²) in [5.41, 5.74) is 8.70. The molecule has 0 heterocycles. The highest BCUT2D eigenvalue weighted by Gasteiger charge is 2.16. The number of hydrogen-bond donors (Lipinski definition) is 0. The molecule has 0 aromatic heterocycles. The fourth-order valence-electron chi connectivity index (χ4n) is 1.16. The molecule has 0 saturated carbocycles. The van der Waals surface area contributed by atoms with Gasteiger partial charge in [-0.15, -0.1) is 29.5 Å². The lowest BCUT2D eigenvalue weighted by Crippen LogP contribution is -2.23. The van der Waals surface area contributed by atoms with Crippen LogP contribution in [0.15, 0.2) is 12.3 Å². The van der Waals surface area contributed by atoms with E-state index in [1.54, 1.807) is 0 Å². The van der Waals surface area contributed by atoms with Crippen molar-refractivity contribution in [3.05, 3.63) is 12.3 Å². The lowest BCUT2D eigenvalue weighted by Gasteiger charge is -2.05. The molecule has 0 bridgehead atoms. The molecule has 0 radical (unpaired) electrons. The molecule has 0 aliphatic carbocycles. The van der Waals surface area contributed by atoms with E-state index in [9.17, 15) is 0 Å². The van der Waals surface area contributed by atoms with Crippen molar-refractivity contribution in [2.24, 2.45) is 0 Å². The Morgan fingerprint density at radius 3 is 1.75 bits per heavy atom. The molecule has 0 atom stereocenters. The number of hydrogen-bond acceptors (Lipinski definition) is 0. The zero-order valence-corrected chi connectivity index (χ0v) is 12.0. The van der Waals surface area contributed by atoms with Gasteiger partial charge in [0.15, 0.2) is 0 Å². The van der Waals surface area contributed by atoms with Gasteiger partial charge in [-0.25, -0.2) is 0 Å². The summed E-state index contributed by atoms with van der Waals surface area (Å²) in [5, 5.41) is 0. The van der Waals surface area contributed by atoms with Gasteiger partial charge >= 0.3 is 0 Å². The summed E-state index contributed by atoms with van der Waals surface area (Å²) in [7, 11) is -1.78. The van der Waals surface area contributed by atoms with Crippen LogP contribution in [0.4, 0.5) is 0 Å². The van der Waals surface area contributed by atoms with Crippen LogP contribution in [0.1, 0.15) is 52.4 Å². The lowest BCUT2D eigenvalue weighted by atomic mass is 10.3. The fraction of sp³-hybridized carbons (Fsp3) is 0.600. The third-order valence-electron chi connectivity index (χ3n) is 2.42. The molecule has 0 saturated heterocycles. The van der Waals surface area contributed by atoms with Crippen molar-refractivity contribution in [3.8, 4) is 22.9 Å². The van der Waals surface area contributed by atoms with Crippen LogP contribution in [0.25, 0.3) is 0 Å². The molecule has 0 rings (SSSR count). The lowest BCUT2D eigenvalue weighted by molar-refractivity contribution is 0.828. The van der Waals surface area contributed by atoms with E-state index in [1.807, 2.05) is 5.70 Å². The maximum Gasteiger partial charge on any atom is 0.235 e. The molecule has 0 aliphatic rings. The van der Waals surface area contributed by atoms with Crippen molar-refractivity contribution in [1.82, 2.24) is 0 Å². The summed E-state index contributed by atoms with van der Waals surface area (Å²) in [6.45, 7) is 10.4. The highest BCUT2D eigenvalue weighted by Crippen LogP contribution is 2.02. The van der Waals surface area contributed by atoms with Gasteiger partial charge in [0, 0.05) is 12.8 Å². The molecule has 0 fully saturated rings. The highest BCUT2D eigenvalue weighted by molar-refractivity contribution is 6.97. The van der Waals surface area contributed by atoms with Crippen LogP contribution in [0.3, 0.4) is 0 Å².